The molecule has 8 heteroatoms. The normalized spacial score (nSPS) is 10.8. The van der Waals surface area contributed by atoms with E-state index in [-0.39, 0.29) is 12.1 Å². The number of hydrogen-bond donors (Lipinski definition) is 2. The van der Waals surface area contributed by atoms with Crippen LogP contribution in [0, 0.1) is 6.92 Å². The van der Waals surface area contributed by atoms with E-state index in [1.165, 1.54) is 0 Å². The Bertz CT molecular complexity index is 874. The highest BCUT2D eigenvalue weighted by Gasteiger charge is 2.14. The number of carbonyl (C=O) groups excluding carboxylic acids is 1. The quantitative estimate of drug-likeness (QED) is 0.765. The molecule has 0 spiro atoms. The molecule has 0 aliphatic carbocycles. The molecule has 0 saturated carbocycles. The molecular formula is C16H18N6O2. The second-order valence-electron chi connectivity index (χ2n) is 5.51. The first-order valence-electron chi connectivity index (χ1n) is 7.54. The minimum absolute atomic E-state index is 0.218. The van der Waals surface area contributed by atoms with Gasteiger partial charge in [-0.25, -0.2) is 9.78 Å². The van der Waals surface area contributed by atoms with E-state index in [4.69, 9.17) is 4.74 Å². The second-order valence-corrected chi connectivity index (χ2v) is 5.51. The van der Waals surface area contributed by atoms with E-state index in [1.807, 2.05) is 31.2 Å². The summed E-state index contributed by atoms with van der Waals surface area (Å²) in [5.74, 6) is 0.815. The number of benzene rings is 1. The summed E-state index contributed by atoms with van der Waals surface area (Å²) in [7, 11) is 0. The van der Waals surface area contributed by atoms with E-state index < -0.39 is 6.09 Å². The van der Waals surface area contributed by atoms with Crippen LogP contribution in [0.15, 0.2) is 36.7 Å². The summed E-state index contributed by atoms with van der Waals surface area (Å²) in [6, 6.07) is 7.86. The molecular weight excluding hydrogens is 308 g/mol. The SMILES string of the molecule is Cc1ccccc1Nc1nccn2c(NC(=O)OC(C)C)nnc12. The Morgan fingerprint density at radius 1 is 1.25 bits per heavy atom. The lowest BCUT2D eigenvalue weighted by atomic mass is 10.2. The Kier molecular flexibility index (Phi) is 4.28. The third-order valence-corrected chi connectivity index (χ3v) is 3.28. The van der Waals surface area contributed by atoms with Crippen LogP contribution in [-0.2, 0) is 4.74 Å². The fourth-order valence-electron chi connectivity index (χ4n) is 2.18. The molecule has 24 heavy (non-hydrogen) atoms. The fourth-order valence-corrected chi connectivity index (χ4v) is 2.18. The minimum Gasteiger partial charge on any atom is -0.447 e. The largest absolute Gasteiger partial charge is 0.447 e. The summed E-state index contributed by atoms with van der Waals surface area (Å²) >= 11 is 0. The third kappa shape index (κ3) is 3.27. The van der Waals surface area contributed by atoms with Crippen molar-refractivity contribution in [2.45, 2.75) is 26.9 Å². The van der Waals surface area contributed by atoms with Gasteiger partial charge in [0.1, 0.15) is 0 Å². The van der Waals surface area contributed by atoms with Crippen molar-refractivity contribution in [3.05, 3.63) is 42.2 Å². The fraction of sp³-hybridized carbons (Fsp3) is 0.250. The van der Waals surface area contributed by atoms with E-state index in [2.05, 4.69) is 25.8 Å². The maximum absolute atomic E-state index is 11.7. The van der Waals surface area contributed by atoms with Crippen molar-refractivity contribution in [1.29, 1.82) is 0 Å². The van der Waals surface area contributed by atoms with Crippen LogP contribution in [0.4, 0.5) is 22.2 Å². The molecule has 0 bridgehead atoms. The van der Waals surface area contributed by atoms with Crippen molar-refractivity contribution < 1.29 is 9.53 Å². The highest BCUT2D eigenvalue weighted by Crippen LogP contribution is 2.22. The van der Waals surface area contributed by atoms with Gasteiger partial charge in [0.05, 0.1) is 6.10 Å². The average Bonchev–Trinajstić information content (AvgIpc) is 2.93. The molecule has 1 aromatic carbocycles. The van der Waals surface area contributed by atoms with Crippen molar-refractivity contribution in [3.8, 4) is 0 Å². The number of aryl methyl sites for hydroxylation is 1. The summed E-state index contributed by atoms with van der Waals surface area (Å²) in [4.78, 5) is 16.0. The van der Waals surface area contributed by atoms with Crippen LogP contribution in [0.1, 0.15) is 19.4 Å². The number of anilines is 3. The lowest BCUT2D eigenvalue weighted by molar-refractivity contribution is 0.129. The van der Waals surface area contributed by atoms with Gasteiger partial charge in [0.25, 0.3) is 0 Å². The highest BCUT2D eigenvalue weighted by atomic mass is 16.6. The Morgan fingerprint density at radius 3 is 2.79 bits per heavy atom. The van der Waals surface area contributed by atoms with Crippen molar-refractivity contribution in [2.75, 3.05) is 10.6 Å². The molecule has 0 aliphatic rings. The van der Waals surface area contributed by atoms with Gasteiger partial charge in [-0.15, -0.1) is 10.2 Å². The van der Waals surface area contributed by atoms with Gasteiger partial charge in [0.15, 0.2) is 5.82 Å². The van der Waals surface area contributed by atoms with Gasteiger partial charge in [-0.1, -0.05) is 18.2 Å². The van der Waals surface area contributed by atoms with Crippen LogP contribution in [0.5, 0.6) is 0 Å². The number of para-hydroxylation sites is 1. The molecule has 0 aliphatic heterocycles. The standard InChI is InChI=1S/C16H18N6O2/c1-10(2)24-16(23)19-15-21-20-14-13(17-8-9-22(14)15)18-12-7-5-4-6-11(12)3/h4-10H,1-3H3,(H,17,18)(H,19,21,23). The van der Waals surface area contributed by atoms with Gasteiger partial charge in [-0.3, -0.25) is 9.72 Å². The number of carbonyl (C=O) groups is 1. The first-order valence-corrected chi connectivity index (χ1v) is 7.54. The van der Waals surface area contributed by atoms with Crippen molar-refractivity contribution in [2.24, 2.45) is 0 Å². The molecule has 124 valence electrons. The molecule has 0 radical (unpaired) electrons. The van der Waals surface area contributed by atoms with Crippen LogP contribution in [-0.4, -0.2) is 31.8 Å². The van der Waals surface area contributed by atoms with Crippen molar-refractivity contribution in [3.63, 3.8) is 0 Å². The Labute approximate surface area is 138 Å². The van der Waals surface area contributed by atoms with Gasteiger partial charge in [0.2, 0.25) is 11.6 Å². The van der Waals surface area contributed by atoms with E-state index in [0.29, 0.717) is 11.5 Å². The lowest BCUT2D eigenvalue weighted by Gasteiger charge is -2.10. The van der Waals surface area contributed by atoms with Crippen LogP contribution in [0.3, 0.4) is 0 Å². The number of amides is 1. The van der Waals surface area contributed by atoms with Gasteiger partial charge >= 0.3 is 6.09 Å². The zero-order valence-electron chi connectivity index (χ0n) is 13.6. The lowest BCUT2D eigenvalue weighted by Crippen LogP contribution is -2.19. The number of hydrogen-bond acceptors (Lipinski definition) is 6. The molecule has 0 atom stereocenters. The molecule has 2 heterocycles. The second kappa shape index (κ2) is 6.53. The summed E-state index contributed by atoms with van der Waals surface area (Å²) < 4.78 is 6.69. The Hall–Kier alpha value is -3.16. The molecule has 2 aromatic heterocycles. The summed E-state index contributed by atoms with van der Waals surface area (Å²) in [6.07, 6.45) is 2.48. The molecule has 0 unspecified atom stereocenters. The van der Waals surface area contributed by atoms with Crippen LogP contribution in [0.25, 0.3) is 5.65 Å². The molecule has 0 saturated heterocycles. The highest BCUT2D eigenvalue weighted by molar-refractivity contribution is 5.83. The zero-order chi connectivity index (χ0) is 17.1. The minimum atomic E-state index is -0.579. The number of nitrogens with zero attached hydrogens (tertiary/aromatic N) is 4. The van der Waals surface area contributed by atoms with E-state index in [0.717, 1.165) is 11.3 Å². The maximum Gasteiger partial charge on any atom is 0.414 e. The predicted octanol–water partition coefficient (Wildman–Crippen LogP) is 3.13. The van der Waals surface area contributed by atoms with Crippen LogP contribution >= 0.6 is 0 Å². The van der Waals surface area contributed by atoms with E-state index in [9.17, 15) is 4.79 Å². The summed E-state index contributed by atoms with van der Waals surface area (Å²) in [6.45, 7) is 5.55. The number of rotatable bonds is 4. The Morgan fingerprint density at radius 2 is 2.04 bits per heavy atom. The van der Waals surface area contributed by atoms with E-state index >= 15 is 0 Å². The van der Waals surface area contributed by atoms with Gasteiger partial charge < -0.3 is 10.1 Å². The monoisotopic (exact) mass is 326 g/mol. The number of aromatic nitrogens is 4. The van der Waals surface area contributed by atoms with Crippen LogP contribution in [0.2, 0.25) is 0 Å². The molecule has 8 nitrogen and oxygen atoms in total. The Balaban J connectivity index is 1.89. The van der Waals surface area contributed by atoms with Gasteiger partial charge in [-0.05, 0) is 32.4 Å². The maximum atomic E-state index is 11.7. The molecule has 1 amide bonds. The summed E-state index contributed by atoms with van der Waals surface area (Å²) in [5.41, 5.74) is 2.51. The first-order chi connectivity index (χ1) is 11.5. The van der Waals surface area contributed by atoms with Crippen molar-refractivity contribution in [1.82, 2.24) is 19.6 Å². The smallest absolute Gasteiger partial charge is 0.414 e. The third-order valence-electron chi connectivity index (χ3n) is 3.28. The molecule has 2 N–H and O–H groups in total. The first kappa shape index (κ1) is 15.7. The number of nitrogens with one attached hydrogen (secondary N) is 2. The summed E-state index contributed by atoms with van der Waals surface area (Å²) in [5, 5.41) is 13.9. The number of ether oxygens (including phenoxy) is 1. The van der Waals surface area contributed by atoms with Gasteiger partial charge in [-0.2, -0.15) is 0 Å². The molecule has 0 fully saturated rings. The van der Waals surface area contributed by atoms with Crippen LogP contribution < -0.4 is 10.6 Å². The molecule has 3 aromatic rings. The predicted molar refractivity (Wildman–Crippen MR) is 90.5 cm³/mol. The van der Waals surface area contributed by atoms with E-state index in [1.54, 1.807) is 30.6 Å². The zero-order valence-corrected chi connectivity index (χ0v) is 13.6. The topological polar surface area (TPSA) is 93.4 Å². The average molecular weight is 326 g/mol. The number of fused-ring (bicyclic) bond motifs is 1. The van der Waals surface area contributed by atoms with Gasteiger partial charge in [0, 0.05) is 18.1 Å². The van der Waals surface area contributed by atoms with Crippen molar-refractivity contribution >= 4 is 29.2 Å². The molecule has 3 rings (SSSR count).